The molecule has 1 nitrogen and oxygen atoms in total. The van der Waals surface area contributed by atoms with Crippen LogP contribution in [0.2, 0.25) is 0 Å². The molecular formula is C11H17ClO. The summed E-state index contributed by atoms with van der Waals surface area (Å²) in [6.45, 7) is 2.26. The summed E-state index contributed by atoms with van der Waals surface area (Å²) in [5.74, 6) is 1.47. The number of hydrogen-bond acceptors (Lipinski definition) is 1. The Morgan fingerprint density at radius 1 is 1.46 bits per heavy atom. The van der Waals surface area contributed by atoms with Gasteiger partial charge in [-0.05, 0) is 49.1 Å². The minimum absolute atomic E-state index is 0.0660. The average Bonchev–Trinajstić information content (AvgIpc) is 2.02. The van der Waals surface area contributed by atoms with Crippen LogP contribution in [0.3, 0.4) is 0 Å². The molecule has 2 heteroatoms. The second-order valence-electron chi connectivity index (χ2n) is 5.06. The van der Waals surface area contributed by atoms with Crippen LogP contribution in [0, 0.1) is 17.3 Å². The van der Waals surface area contributed by atoms with Gasteiger partial charge in [0.15, 0.2) is 0 Å². The third-order valence-electron chi connectivity index (χ3n) is 3.84. The lowest BCUT2D eigenvalue weighted by Crippen LogP contribution is -2.40. The van der Waals surface area contributed by atoms with Crippen LogP contribution in [-0.4, -0.2) is 5.24 Å². The van der Waals surface area contributed by atoms with Crippen molar-refractivity contribution in [3.8, 4) is 0 Å². The van der Waals surface area contributed by atoms with Crippen LogP contribution in [0.15, 0.2) is 0 Å². The van der Waals surface area contributed by atoms with E-state index in [-0.39, 0.29) is 10.7 Å². The lowest BCUT2D eigenvalue weighted by Gasteiger charge is -2.45. The molecule has 2 fully saturated rings. The molecule has 0 aliphatic heterocycles. The molecule has 2 rings (SSSR count). The molecule has 0 N–H and O–H groups in total. The summed E-state index contributed by atoms with van der Waals surface area (Å²) in [6, 6.07) is 0. The van der Waals surface area contributed by atoms with Gasteiger partial charge in [-0.25, -0.2) is 0 Å². The minimum Gasteiger partial charge on any atom is -0.281 e. The van der Waals surface area contributed by atoms with E-state index >= 15 is 0 Å². The third-order valence-corrected chi connectivity index (χ3v) is 4.24. The van der Waals surface area contributed by atoms with Gasteiger partial charge in [0.25, 0.3) is 0 Å². The van der Waals surface area contributed by atoms with Gasteiger partial charge in [-0.3, -0.25) is 4.79 Å². The molecule has 2 aliphatic carbocycles. The average molecular weight is 201 g/mol. The first-order chi connectivity index (χ1) is 6.12. The van der Waals surface area contributed by atoms with Crippen LogP contribution < -0.4 is 0 Å². The summed E-state index contributed by atoms with van der Waals surface area (Å²) >= 11 is 5.74. The first-order valence-electron chi connectivity index (χ1n) is 5.32. The summed E-state index contributed by atoms with van der Waals surface area (Å²) in [5.41, 5.74) is -0.123. The molecule has 2 aliphatic rings. The topological polar surface area (TPSA) is 17.1 Å². The lowest BCUT2D eigenvalue weighted by molar-refractivity contribution is -0.126. The smallest absolute Gasteiger partial charge is 0.227 e. The zero-order valence-electron chi connectivity index (χ0n) is 8.18. The summed E-state index contributed by atoms with van der Waals surface area (Å²) < 4.78 is 0. The van der Waals surface area contributed by atoms with Gasteiger partial charge in [0.1, 0.15) is 0 Å². The van der Waals surface area contributed by atoms with Gasteiger partial charge in [0, 0.05) is 5.41 Å². The molecule has 3 atom stereocenters. The predicted molar refractivity (Wildman–Crippen MR) is 53.6 cm³/mol. The molecule has 0 saturated heterocycles. The molecule has 0 heterocycles. The van der Waals surface area contributed by atoms with Crippen LogP contribution in [0.4, 0.5) is 0 Å². The highest BCUT2D eigenvalue weighted by molar-refractivity contribution is 6.64. The van der Waals surface area contributed by atoms with E-state index in [1.807, 2.05) is 0 Å². The molecule has 2 bridgehead atoms. The zero-order chi connectivity index (χ0) is 9.47. The summed E-state index contributed by atoms with van der Waals surface area (Å²) in [7, 11) is 0. The van der Waals surface area contributed by atoms with Gasteiger partial charge in [-0.1, -0.05) is 19.8 Å². The molecule has 0 spiro atoms. The maximum absolute atomic E-state index is 11.4. The fourth-order valence-corrected chi connectivity index (χ4v) is 3.70. The Bertz CT molecular complexity index is 222. The van der Waals surface area contributed by atoms with Crippen molar-refractivity contribution >= 4 is 16.8 Å². The minimum atomic E-state index is -0.123. The maximum atomic E-state index is 11.4. The molecule has 0 radical (unpaired) electrons. The van der Waals surface area contributed by atoms with E-state index in [2.05, 4.69) is 6.92 Å². The van der Waals surface area contributed by atoms with Crippen LogP contribution in [0.5, 0.6) is 0 Å². The van der Waals surface area contributed by atoms with Crippen molar-refractivity contribution in [1.82, 2.24) is 0 Å². The van der Waals surface area contributed by atoms with E-state index in [9.17, 15) is 4.79 Å². The maximum Gasteiger partial charge on any atom is 0.227 e. The Kier molecular flexibility index (Phi) is 2.39. The van der Waals surface area contributed by atoms with Crippen LogP contribution in [0.1, 0.15) is 45.4 Å². The first-order valence-corrected chi connectivity index (χ1v) is 5.70. The largest absolute Gasteiger partial charge is 0.281 e. The molecule has 0 aromatic carbocycles. The highest BCUT2D eigenvalue weighted by Crippen LogP contribution is 2.51. The molecule has 74 valence electrons. The second kappa shape index (κ2) is 3.27. The monoisotopic (exact) mass is 200 g/mol. The lowest BCUT2D eigenvalue weighted by atomic mass is 9.60. The Hall–Kier alpha value is -0.0400. The van der Waals surface area contributed by atoms with Crippen molar-refractivity contribution in [2.24, 2.45) is 17.3 Å². The van der Waals surface area contributed by atoms with Gasteiger partial charge in [-0.15, -0.1) is 0 Å². The Morgan fingerprint density at radius 3 is 2.92 bits per heavy atom. The number of hydrogen-bond donors (Lipinski definition) is 0. The Balaban J connectivity index is 2.20. The molecule has 0 aromatic rings. The number of carbonyl (C=O) groups excluding carboxylic acids is 1. The zero-order valence-corrected chi connectivity index (χ0v) is 8.94. The van der Waals surface area contributed by atoms with Crippen molar-refractivity contribution in [3.63, 3.8) is 0 Å². The summed E-state index contributed by atoms with van der Waals surface area (Å²) in [6.07, 6.45) is 6.97. The van der Waals surface area contributed by atoms with Crippen molar-refractivity contribution in [1.29, 1.82) is 0 Å². The SMILES string of the molecule is CC1CC2CCCC(C(=O)Cl)(C1)C2. The molecular weight excluding hydrogens is 184 g/mol. The van der Waals surface area contributed by atoms with Crippen LogP contribution in [-0.2, 0) is 4.79 Å². The number of fused-ring (bicyclic) bond motifs is 2. The predicted octanol–water partition coefficient (Wildman–Crippen LogP) is 3.36. The van der Waals surface area contributed by atoms with E-state index in [4.69, 9.17) is 11.6 Å². The van der Waals surface area contributed by atoms with E-state index in [0.29, 0.717) is 5.92 Å². The first kappa shape index (κ1) is 9.51. The van der Waals surface area contributed by atoms with E-state index in [0.717, 1.165) is 25.2 Å². The van der Waals surface area contributed by atoms with Crippen molar-refractivity contribution < 1.29 is 4.79 Å². The fourth-order valence-electron chi connectivity index (χ4n) is 3.45. The highest BCUT2D eigenvalue weighted by atomic mass is 35.5. The third kappa shape index (κ3) is 1.63. The quantitative estimate of drug-likeness (QED) is 0.594. The summed E-state index contributed by atoms with van der Waals surface area (Å²) in [4.78, 5) is 11.4. The Labute approximate surface area is 84.8 Å². The van der Waals surface area contributed by atoms with Gasteiger partial charge in [0.05, 0.1) is 0 Å². The molecule has 3 unspecified atom stereocenters. The number of rotatable bonds is 1. The van der Waals surface area contributed by atoms with E-state index in [1.54, 1.807) is 0 Å². The standard InChI is InChI=1S/C11H17ClO/c1-8-5-9-3-2-4-11(6-8,7-9)10(12)13/h8-9H,2-7H2,1H3. The van der Waals surface area contributed by atoms with Crippen molar-refractivity contribution in [2.45, 2.75) is 45.4 Å². The van der Waals surface area contributed by atoms with E-state index < -0.39 is 0 Å². The number of halogens is 1. The Morgan fingerprint density at radius 2 is 2.23 bits per heavy atom. The number of carbonyl (C=O) groups is 1. The fraction of sp³-hybridized carbons (Fsp3) is 0.909. The second-order valence-corrected chi connectivity index (χ2v) is 5.40. The van der Waals surface area contributed by atoms with Crippen molar-refractivity contribution in [3.05, 3.63) is 0 Å². The normalized spacial score (nSPS) is 44.5. The molecule has 0 amide bonds. The van der Waals surface area contributed by atoms with Crippen LogP contribution >= 0.6 is 11.6 Å². The van der Waals surface area contributed by atoms with Gasteiger partial charge in [-0.2, -0.15) is 0 Å². The van der Waals surface area contributed by atoms with Gasteiger partial charge >= 0.3 is 0 Å². The van der Waals surface area contributed by atoms with Gasteiger partial charge in [0.2, 0.25) is 5.24 Å². The summed E-state index contributed by atoms with van der Waals surface area (Å²) in [5, 5.41) is -0.0660. The molecule has 0 aromatic heterocycles. The molecule has 2 saturated carbocycles. The highest BCUT2D eigenvalue weighted by Gasteiger charge is 2.46. The van der Waals surface area contributed by atoms with Crippen LogP contribution in [0.25, 0.3) is 0 Å². The van der Waals surface area contributed by atoms with E-state index in [1.165, 1.54) is 19.3 Å². The molecule has 13 heavy (non-hydrogen) atoms. The van der Waals surface area contributed by atoms with Crippen molar-refractivity contribution in [2.75, 3.05) is 0 Å². The van der Waals surface area contributed by atoms with Gasteiger partial charge < -0.3 is 0 Å².